The topological polar surface area (TPSA) is 37.3 Å². The fraction of sp³-hybridized carbons (Fsp3) is 0.444. The normalized spacial score (nSPS) is 23.6. The van der Waals surface area contributed by atoms with Crippen LogP contribution in [0.5, 0.6) is 0 Å². The minimum absolute atomic E-state index is 0.0560. The van der Waals surface area contributed by atoms with Crippen LogP contribution in [0, 0.1) is 0 Å². The quantitative estimate of drug-likeness (QED) is 0.604. The second-order valence-electron chi connectivity index (χ2n) is 3.02. The number of hydrogen-bond acceptors (Lipinski definition) is 2. The van der Waals surface area contributed by atoms with E-state index in [0.29, 0.717) is 12.0 Å². The van der Waals surface area contributed by atoms with Gasteiger partial charge in [-0.2, -0.15) is 0 Å². The van der Waals surface area contributed by atoms with Crippen molar-refractivity contribution < 1.29 is 9.90 Å². The van der Waals surface area contributed by atoms with Gasteiger partial charge >= 0.3 is 0 Å². The van der Waals surface area contributed by atoms with Gasteiger partial charge in [-0.1, -0.05) is 12.2 Å². The van der Waals surface area contributed by atoms with Crippen LogP contribution in [0.15, 0.2) is 23.8 Å². The van der Waals surface area contributed by atoms with Crippen LogP contribution >= 0.6 is 0 Å². The van der Waals surface area contributed by atoms with Crippen LogP contribution in [-0.4, -0.2) is 17.0 Å². The van der Waals surface area contributed by atoms with Gasteiger partial charge in [0.05, 0.1) is 6.10 Å². The molecule has 0 aliphatic heterocycles. The Morgan fingerprint density at radius 2 is 2.55 bits per heavy atom. The summed E-state index contributed by atoms with van der Waals surface area (Å²) in [5, 5.41) is 9.06. The Kier molecular flexibility index (Phi) is 2.25. The summed E-state index contributed by atoms with van der Waals surface area (Å²) < 4.78 is 0. The molecule has 11 heavy (non-hydrogen) atoms. The van der Waals surface area contributed by atoms with E-state index in [2.05, 4.69) is 6.58 Å². The van der Waals surface area contributed by atoms with Gasteiger partial charge in [0.25, 0.3) is 0 Å². The molecule has 0 aromatic carbocycles. The lowest BCUT2D eigenvalue weighted by Crippen LogP contribution is -2.01. The maximum atomic E-state index is 11.1. The van der Waals surface area contributed by atoms with Gasteiger partial charge in [0.15, 0.2) is 5.78 Å². The minimum atomic E-state index is -0.558. The summed E-state index contributed by atoms with van der Waals surface area (Å²) in [6, 6.07) is 0. The fourth-order valence-corrected chi connectivity index (χ4v) is 1.19. The third kappa shape index (κ3) is 2.02. The fourth-order valence-electron chi connectivity index (χ4n) is 1.19. The maximum absolute atomic E-state index is 11.1. The van der Waals surface area contributed by atoms with Crippen LogP contribution in [0.4, 0.5) is 0 Å². The van der Waals surface area contributed by atoms with Crippen molar-refractivity contribution in [2.24, 2.45) is 0 Å². The smallest absolute Gasteiger partial charge is 0.161 e. The van der Waals surface area contributed by atoms with Crippen LogP contribution in [0.3, 0.4) is 0 Å². The molecule has 1 atom stereocenters. The molecule has 0 radical (unpaired) electrons. The number of hydrogen-bond donors (Lipinski definition) is 1. The van der Waals surface area contributed by atoms with Crippen LogP contribution in [0.25, 0.3) is 0 Å². The number of ketones is 1. The van der Waals surface area contributed by atoms with Crippen molar-refractivity contribution in [3.63, 3.8) is 0 Å². The SMILES string of the molecule is C=C(C)CC1=CC(O)CC1=O. The van der Waals surface area contributed by atoms with Gasteiger partial charge in [-0.25, -0.2) is 0 Å². The third-order valence-corrected chi connectivity index (χ3v) is 1.64. The summed E-state index contributed by atoms with van der Waals surface area (Å²) in [6.45, 7) is 5.58. The Morgan fingerprint density at radius 1 is 1.91 bits per heavy atom. The Morgan fingerprint density at radius 3 is 2.91 bits per heavy atom. The van der Waals surface area contributed by atoms with Crippen molar-refractivity contribution in [1.29, 1.82) is 0 Å². The molecule has 1 aliphatic rings. The first kappa shape index (κ1) is 8.21. The van der Waals surface area contributed by atoms with Crippen molar-refractivity contribution in [3.05, 3.63) is 23.8 Å². The average molecular weight is 152 g/mol. The zero-order valence-corrected chi connectivity index (χ0v) is 6.63. The van der Waals surface area contributed by atoms with E-state index in [0.717, 1.165) is 5.57 Å². The lowest BCUT2D eigenvalue weighted by Gasteiger charge is -1.96. The summed E-state index contributed by atoms with van der Waals surface area (Å²) in [6.07, 6.45) is 1.92. The number of aliphatic hydroxyl groups is 1. The number of aliphatic hydroxyl groups excluding tert-OH is 1. The maximum Gasteiger partial charge on any atom is 0.161 e. The van der Waals surface area contributed by atoms with Gasteiger partial charge in [-0.05, 0) is 25.0 Å². The second kappa shape index (κ2) is 3.01. The summed E-state index contributed by atoms with van der Waals surface area (Å²) in [4.78, 5) is 11.1. The first-order valence-electron chi connectivity index (χ1n) is 3.66. The molecule has 60 valence electrons. The molecule has 0 saturated heterocycles. The molecule has 0 fully saturated rings. The Labute approximate surface area is 66.2 Å². The summed E-state index contributed by atoms with van der Waals surface area (Å²) >= 11 is 0. The van der Waals surface area contributed by atoms with Crippen molar-refractivity contribution in [3.8, 4) is 0 Å². The molecular formula is C9H12O2. The van der Waals surface area contributed by atoms with Crippen LogP contribution < -0.4 is 0 Å². The van der Waals surface area contributed by atoms with E-state index in [1.54, 1.807) is 6.08 Å². The van der Waals surface area contributed by atoms with Gasteiger partial charge in [-0.3, -0.25) is 4.79 Å². The van der Waals surface area contributed by atoms with E-state index in [-0.39, 0.29) is 12.2 Å². The summed E-state index contributed by atoms with van der Waals surface area (Å²) in [5.74, 6) is 0.0560. The van der Waals surface area contributed by atoms with E-state index in [4.69, 9.17) is 5.11 Å². The van der Waals surface area contributed by atoms with Gasteiger partial charge in [0, 0.05) is 6.42 Å². The number of Topliss-reactive ketones (excluding diaryl/α,β-unsaturated/α-hetero) is 1. The van der Waals surface area contributed by atoms with Crippen molar-refractivity contribution >= 4 is 5.78 Å². The van der Waals surface area contributed by atoms with E-state index in [9.17, 15) is 4.79 Å². The molecule has 0 bridgehead atoms. The average Bonchev–Trinajstić information content (AvgIpc) is 2.09. The lowest BCUT2D eigenvalue weighted by molar-refractivity contribution is -0.115. The first-order valence-corrected chi connectivity index (χ1v) is 3.66. The molecule has 1 unspecified atom stereocenters. The van der Waals surface area contributed by atoms with E-state index in [1.807, 2.05) is 6.92 Å². The number of carbonyl (C=O) groups excluding carboxylic acids is 1. The van der Waals surface area contributed by atoms with E-state index >= 15 is 0 Å². The molecule has 0 aromatic heterocycles. The summed E-state index contributed by atoms with van der Waals surface area (Å²) in [7, 11) is 0. The molecular weight excluding hydrogens is 140 g/mol. The minimum Gasteiger partial charge on any atom is -0.389 e. The van der Waals surface area contributed by atoms with Crippen molar-refractivity contribution in [2.75, 3.05) is 0 Å². The van der Waals surface area contributed by atoms with Crippen LogP contribution in [0.2, 0.25) is 0 Å². The molecule has 0 aromatic rings. The molecule has 1 N–H and O–H groups in total. The van der Waals surface area contributed by atoms with E-state index in [1.165, 1.54) is 0 Å². The molecule has 1 aliphatic carbocycles. The predicted octanol–water partition coefficient (Wildman–Crippen LogP) is 1.21. The Balaban J connectivity index is 2.64. The van der Waals surface area contributed by atoms with Gasteiger partial charge in [-0.15, -0.1) is 0 Å². The Bertz CT molecular complexity index is 226. The van der Waals surface area contributed by atoms with Gasteiger partial charge in [0.1, 0.15) is 0 Å². The molecule has 2 heteroatoms. The number of carbonyl (C=O) groups is 1. The molecule has 1 rings (SSSR count). The standard InChI is InChI=1S/C9H12O2/c1-6(2)3-7-4-8(10)5-9(7)11/h4,8,10H,1,3,5H2,2H3. The zero-order chi connectivity index (χ0) is 8.43. The zero-order valence-electron chi connectivity index (χ0n) is 6.63. The largest absolute Gasteiger partial charge is 0.389 e. The highest BCUT2D eigenvalue weighted by atomic mass is 16.3. The Hall–Kier alpha value is -0.890. The molecule has 2 nitrogen and oxygen atoms in total. The lowest BCUT2D eigenvalue weighted by atomic mass is 10.1. The molecule has 0 spiro atoms. The van der Waals surface area contributed by atoms with E-state index < -0.39 is 6.10 Å². The first-order chi connectivity index (χ1) is 5.09. The molecule has 0 saturated carbocycles. The van der Waals surface area contributed by atoms with Crippen molar-refractivity contribution in [2.45, 2.75) is 25.9 Å². The highest BCUT2D eigenvalue weighted by Gasteiger charge is 2.21. The number of rotatable bonds is 2. The highest BCUT2D eigenvalue weighted by molar-refractivity contribution is 5.98. The number of allylic oxidation sites excluding steroid dienone is 2. The third-order valence-electron chi connectivity index (χ3n) is 1.64. The molecule has 0 heterocycles. The monoisotopic (exact) mass is 152 g/mol. The highest BCUT2D eigenvalue weighted by Crippen LogP contribution is 2.20. The molecule has 0 amide bonds. The predicted molar refractivity (Wildman–Crippen MR) is 43.1 cm³/mol. The summed E-state index contributed by atoms with van der Waals surface area (Å²) in [5.41, 5.74) is 1.67. The van der Waals surface area contributed by atoms with Crippen molar-refractivity contribution in [1.82, 2.24) is 0 Å². The van der Waals surface area contributed by atoms with Gasteiger partial charge in [0.2, 0.25) is 0 Å². The second-order valence-corrected chi connectivity index (χ2v) is 3.02. The van der Waals surface area contributed by atoms with Crippen LogP contribution in [0.1, 0.15) is 19.8 Å². The van der Waals surface area contributed by atoms with Gasteiger partial charge < -0.3 is 5.11 Å². The van der Waals surface area contributed by atoms with Crippen LogP contribution in [-0.2, 0) is 4.79 Å².